The summed E-state index contributed by atoms with van der Waals surface area (Å²) < 4.78 is 5.52. The van der Waals surface area contributed by atoms with Gasteiger partial charge in [-0.25, -0.2) is 4.79 Å². The Morgan fingerprint density at radius 3 is 2.48 bits per heavy atom. The minimum Gasteiger partial charge on any atom is -0.444 e. The van der Waals surface area contributed by atoms with E-state index < -0.39 is 12.1 Å². The van der Waals surface area contributed by atoms with Gasteiger partial charge >= 0.3 is 5.97 Å². The summed E-state index contributed by atoms with van der Waals surface area (Å²) in [6.45, 7) is 1.91. The second-order valence-electron chi connectivity index (χ2n) is 5.85. The van der Waals surface area contributed by atoms with Crippen LogP contribution in [-0.4, -0.2) is 17.9 Å². The van der Waals surface area contributed by atoms with Crippen molar-refractivity contribution < 1.29 is 14.3 Å². The molecule has 1 amide bonds. The van der Waals surface area contributed by atoms with E-state index >= 15 is 0 Å². The predicted molar refractivity (Wildman–Crippen MR) is 86.9 cm³/mol. The van der Waals surface area contributed by atoms with E-state index in [1.807, 2.05) is 31.2 Å². The Bertz CT molecular complexity index is 708. The molecule has 2 aromatic carbocycles. The fraction of sp³-hybridized carbons (Fsp3) is 0.263. The molecule has 1 saturated carbocycles. The smallest absolute Gasteiger partial charge is 0.339 e. The van der Waals surface area contributed by atoms with E-state index in [-0.39, 0.29) is 11.9 Å². The average molecular weight is 309 g/mol. The summed E-state index contributed by atoms with van der Waals surface area (Å²) in [5.74, 6) is -0.756. The molecule has 1 fully saturated rings. The zero-order valence-electron chi connectivity index (χ0n) is 13.0. The van der Waals surface area contributed by atoms with Gasteiger partial charge in [-0.05, 0) is 31.9 Å². The van der Waals surface area contributed by atoms with Gasteiger partial charge in [-0.1, -0.05) is 48.0 Å². The van der Waals surface area contributed by atoms with Crippen molar-refractivity contribution in [1.29, 1.82) is 0 Å². The standard InChI is InChI=1S/C19H19NO3/c1-13-6-5-9-15(12-13)19(22)23-17(14-7-3-2-4-8-14)18(21)20-16-10-11-16/h2-9,12,16-17H,10-11H2,1H3,(H,20,21). The summed E-state index contributed by atoms with van der Waals surface area (Å²) in [6, 6.07) is 16.5. The zero-order valence-corrected chi connectivity index (χ0v) is 13.0. The lowest BCUT2D eigenvalue weighted by atomic mass is 10.1. The summed E-state index contributed by atoms with van der Waals surface area (Å²) in [4.78, 5) is 24.8. The number of ether oxygens (including phenoxy) is 1. The molecular weight excluding hydrogens is 290 g/mol. The molecule has 0 radical (unpaired) electrons. The van der Waals surface area contributed by atoms with Gasteiger partial charge in [-0.2, -0.15) is 0 Å². The van der Waals surface area contributed by atoms with Crippen LogP contribution >= 0.6 is 0 Å². The van der Waals surface area contributed by atoms with E-state index in [9.17, 15) is 9.59 Å². The molecular formula is C19H19NO3. The maximum Gasteiger partial charge on any atom is 0.339 e. The van der Waals surface area contributed by atoms with Crippen molar-refractivity contribution >= 4 is 11.9 Å². The summed E-state index contributed by atoms with van der Waals surface area (Å²) in [5, 5.41) is 2.90. The number of benzene rings is 2. The van der Waals surface area contributed by atoms with Crippen molar-refractivity contribution in [3.63, 3.8) is 0 Å². The molecule has 2 aromatic rings. The number of amides is 1. The van der Waals surface area contributed by atoms with Crippen molar-refractivity contribution in [2.24, 2.45) is 0 Å². The van der Waals surface area contributed by atoms with Crippen LogP contribution in [0.15, 0.2) is 54.6 Å². The molecule has 0 aliphatic heterocycles. The molecule has 1 aliphatic rings. The van der Waals surface area contributed by atoms with Crippen LogP contribution in [0, 0.1) is 6.92 Å². The molecule has 0 saturated heterocycles. The van der Waals surface area contributed by atoms with Crippen LogP contribution < -0.4 is 5.32 Å². The van der Waals surface area contributed by atoms with Gasteiger partial charge < -0.3 is 10.1 Å². The van der Waals surface area contributed by atoms with Crippen LogP contribution in [0.25, 0.3) is 0 Å². The summed E-state index contributed by atoms with van der Waals surface area (Å²) in [5.41, 5.74) is 2.09. The monoisotopic (exact) mass is 309 g/mol. The molecule has 1 atom stereocenters. The average Bonchev–Trinajstić information content (AvgIpc) is 3.37. The number of carbonyl (C=O) groups excluding carboxylic acids is 2. The SMILES string of the molecule is Cc1cccc(C(=O)OC(C(=O)NC2CC2)c2ccccc2)c1. The second-order valence-corrected chi connectivity index (χ2v) is 5.85. The van der Waals surface area contributed by atoms with E-state index in [4.69, 9.17) is 4.74 Å². The maximum absolute atomic E-state index is 12.4. The number of aryl methyl sites for hydroxylation is 1. The fourth-order valence-electron chi connectivity index (χ4n) is 2.35. The molecule has 1 unspecified atom stereocenters. The van der Waals surface area contributed by atoms with Crippen LogP contribution in [0.3, 0.4) is 0 Å². The third-order valence-corrected chi connectivity index (χ3v) is 3.74. The first-order valence-electron chi connectivity index (χ1n) is 7.76. The van der Waals surface area contributed by atoms with E-state index in [0.29, 0.717) is 11.1 Å². The highest BCUT2D eigenvalue weighted by molar-refractivity contribution is 5.93. The minimum absolute atomic E-state index is 0.214. The highest BCUT2D eigenvalue weighted by atomic mass is 16.5. The molecule has 1 aliphatic carbocycles. The molecule has 0 aromatic heterocycles. The van der Waals surface area contributed by atoms with Crippen LogP contribution in [0.2, 0.25) is 0 Å². The third kappa shape index (κ3) is 3.97. The number of nitrogens with one attached hydrogen (secondary N) is 1. The Morgan fingerprint density at radius 2 is 1.83 bits per heavy atom. The van der Waals surface area contributed by atoms with Gasteiger partial charge in [0.1, 0.15) is 0 Å². The van der Waals surface area contributed by atoms with Gasteiger partial charge in [-0.15, -0.1) is 0 Å². The number of hydrogen-bond donors (Lipinski definition) is 1. The summed E-state index contributed by atoms with van der Waals surface area (Å²) in [6.07, 6.45) is 1.04. The van der Waals surface area contributed by atoms with Crippen molar-refractivity contribution in [3.05, 3.63) is 71.3 Å². The Labute approximate surface area is 135 Å². The number of hydrogen-bond acceptors (Lipinski definition) is 3. The van der Waals surface area contributed by atoms with Gasteiger partial charge in [-0.3, -0.25) is 4.79 Å². The van der Waals surface area contributed by atoms with E-state index in [0.717, 1.165) is 18.4 Å². The number of esters is 1. The molecule has 0 heterocycles. The first-order valence-corrected chi connectivity index (χ1v) is 7.76. The molecule has 4 heteroatoms. The summed E-state index contributed by atoms with van der Waals surface area (Å²) >= 11 is 0. The molecule has 0 bridgehead atoms. The first kappa shape index (κ1) is 15.3. The molecule has 1 N–H and O–H groups in total. The molecule has 4 nitrogen and oxygen atoms in total. The van der Waals surface area contributed by atoms with Gasteiger partial charge in [0.25, 0.3) is 5.91 Å². The topological polar surface area (TPSA) is 55.4 Å². The van der Waals surface area contributed by atoms with Gasteiger partial charge in [0.05, 0.1) is 5.56 Å². The molecule has 3 rings (SSSR count). The van der Waals surface area contributed by atoms with Crippen molar-refractivity contribution in [2.75, 3.05) is 0 Å². The first-order chi connectivity index (χ1) is 11.1. The molecule has 0 spiro atoms. The second kappa shape index (κ2) is 6.65. The Morgan fingerprint density at radius 1 is 1.09 bits per heavy atom. The van der Waals surface area contributed by atoms with E-state index in [1.54, 1.807) is 30.3 Å². The Hall–Kier alpha value is -2.62. The number of carbonyl (C=O) groups is 2. The maximum atomic E-state index is 12.4. The molecule has 23 heavy (non-hydrogen) atoms. The summed E-state index contributed by atoms with van der Waals surface area (Å²) in [7, 11) is 0. The van der Waals surface area contributed by atoms with E-state index in [1.165, 1.54) is 0 Å². The van der Waals surface area contributed by atoms with Crippen molar-refractivity contribution in [2.45, 2.75) is 31.9 Å². The largest absolute Gasteiger partial charge is 0.444 e. The molecule has 118 valence electrons. The van der Waals surface area contributed by atoms with Crippen LogP contribution in [0.1, 0.15) is 40.4 Å². The van der Waals surface area contributed by atoms with Crippen molar-refractivity contribution in [1.82, 2.24) is 5.32 Å². The fourth-order valence-corrected chi connectivity index (χ4v) is 2.35. The normalized spacial score (nSPS) is 14.8. The van der Waals surface area contributed by atoms with Gasteiger partial charge in [0.15, 0.2) is 0 Å². The van der Waals surface area contributed by atoms with Crippen LogP contribution in [0.4, 0.5) is 0 Å². The highest BCUT2D eigenvalue weighted by Gasteiger charge is 2.31. The zero-order chi connectivity index (χ0) is 16.2. The lowest BCUT2D eigenvalue weighted by Crippen LogP contribution is -2.33. The minimum atomic E-state index is -0.926. The van der Waals surface area contributed by atoms with Gasteiger partial charge in [0, 0.05) is 11.6 Å². The quantitative estimate of drug-likeness (QED) is 0.863. The number of rotatable bonds is 5. The third-order valence-electron chi connectivity index (χ3n) is 3.74. The van der Waals surface area contributed by atoms with Crippen LogP contribution in [-0.2, 0) is 9.53 Å². The Kier molecular flexibility index (Phi) is 4.42. The van der Waals surface area contributed by atoms with Crippen molar-refractivity contribution in [3.8, 4) is 0 Å². The van der Waals surface area contributed by atoms with Gasteiger partial charge in [0.2, 0.25) is 6.10 Å². The Balaban J connectivity index is 1.80. The van der Waals surface area contributed by atoms with E-state index in [2.05, 4.69) is 5.32 Å². The highest BCUT2D eigenvalue weighted by Crippen LogP contribution is 2.24. The lowest BCUT2D eigenvalue weighted by molar-refractivity contribution is -0.130. The predicted octanol–water partition coefficient (Wildman–Crippen LogP) is 3.17. The lowest BCUT2D eigenvalue weighted by Gasteiger charge is -2.18. The van der Waals surface area contributed by atoms with Crippen LogP contribution in [0.5, 0.6) is 0 Å².